The second-order valence-corrected chi connectivity index (χ2v) is 5.12. The van der Waals surface area contributed by atoms with Gasteiger partial charge in [-0.15, -0.1) is 0 Å². The lowest BCUT2D eigenvalue weighted by molar-refractivity contribution is 0.793. The van der Waals surface area contributed by atoms with Crippen LogP contribution in [-0.4, -0.2) is 22.0 Å². The molecule has 4 nitrogen and oxygen atoms in total. The van der Waals surface area contributed by atoms with Gasteiger partial charge in [-0.3, -0.25) is 0 Å². The molecule has 18 heavy (non-hydrogen) atoms. The molecule has 0 aliphatic heterocycles. The van der Waals surface area contributed by atoms with Crippen LogP contribution in [0, 0.1) is 13.8 Å². The van der Waals surface area contributed by atoms with Gasteiger partial charge in [0.2, 0.25) is 0 Å². The van der Waals surface area contributed by atoms with E-state index in [4.69, 9.17) is 0 Å². The molecule has 0 fully saturated rings. The van der Waals surface area contributed by atoms with Crippen molar-refractivity contribution in [3.05, 3.63) is 41.3 Å². The molecule has 0 bridgehead atoms. The summed E-state index contributed by atoms with van der Waals surface area (Å²) >= 11 is 1.49. The van der Waals surface area contributed by atoms with Crippen LogP contribution in [0.25, 0.3) is 0 Å². The van der Waals surface area contributed by atoms with E-state index in [1.165, 1.54) is 17.3 Å². The van der Waals surface area contributed by atoms with E-state index in [-0.39, 0.29) is 0 Å². The SMILES string of the molecule is CNCc1cnc(Sc2cc(C)cc(C)n2)nc1. The number of nitrogens with one attached hydrogen (secondary N) is 1. The average molecular weight is 260 g/mol. The van der Waals surface area contributed by atoms with E-state index in [1.54, 1.807) is 0 Å². The molecule has 2 heterocycles. The molecule has 2 rings (SSSR count). The van der Waals surface area contributed by atoms with Gasteiger partial charge in [0.15, 0.2) is 5.16 Å². The Morgan fingerprint density at radius 1 is 1.17 bits per heavy atom. The fourth-order valence-electron chi connectivity index (χ4n) is 1.64. The van der Waals surface area contributed by atoms with Crippen molar-refractivity contribution in [3.63, 3.8) is 0 Å². The third kappa shape index (κ3) is 3.51. The van der Waals surface area contributed by atoms with E-state index in [2.05, 4.69) is 33.3 Å². The largest absolute Gasteiger partial charge is 0.316 e. The summed E-state index contributed by atoms with van der Waals surface area (Å²) in [6.45, 7) is 4.84. The Morgan fingerprint density at radius 2 is 1.89 bits per heavy atom. The van der Waals surface area contributed by atoms with Gasteiger partial charge in [0.25, 0.3) is 0 Å². The van der Waals surface area contributed by atoms with E-state index in [0.29, 0.717) is 0 Å². The Bertz CT molecular complexity index is 505. The molecule has 0 aliphatic carbocycles. The average Bonchev–Trinajstić information content (AvgIpc) is 2.31. The smallest absolute Gasteiger partial charge is 0.193 e. The van der Waals surface area contributed by atoms with E-state index in [1.807, 2.05) is 32.4 Å². The first-order valence-electron chi connectivity index (χ1n) is 5.76. The first-order valence-corrected chi connectivity index (χ1v) is 6.57. The molecule has 1 N–H and O–H groups in total. The number of nitrogens with zero attached hydrogens (tertiary/aromatic N) is 3. The maximum Gasteiger partial charge on any atom is 0.193 e. The van der Waals surface area contributed by atoms with E-state index in [0.717, 1.165) is 28.0 Å². The number of hydrogen-bond donors (Lipinski definition) is 1. The maximum atomic E-state index is 4.46. The first-order chi connectivity index (χ1) is 8.67. The maximum absolute atomic E-state index is 4.46. The zero-order valence-corrected chi connectivity index (χ0v) is 11.6. The summed E-state index contributed by atoms with van der Waals surface area (Å²) in [4.78, 5) is 13.1. The summed E-state index contributed by atoms with van der Waals surface area (Å²) in [5, 5.41) is 4.74. The fraction of sp³-hybridized carbons (Fsp3) is 0.308. The molecule has 0 saturated heterocycles. The highest BCUT2D eigenvalue weighted by Crippen LogP contribution is 2.23. The minimum Gasteiger partial charge on any atom is -0.316 e. The molecule has 0 saturated carbocycles. The molecule has 94 valence electrons. The second-order valence-electron chi connectivity index (χ2n) is 4.13. The number of hydrogen-bond acceptors (Lipinski definition) is 5. The molecule has 2 aromatic heterocycles. The topological polar surface area (TPSA) is 50.7 Å². The van der Waals surface area contributed by atoms with Gasteiger partial charge in [0, 0.05) is 30.2 Å². The summed E-state index contributed by atoms with van der Waals surface area (Å²) in [7, 11) is 1.90. The van der Waals surface area contributed by atoms with Crippen LogP contribution in [0.2, 0.25) is 0 Å². The van der Waals surface area contributed by atoms with Gasteiger partial charge in [-0.25, -0.2) is 15.0 Å². The summed E-state index contributed by atoms with van der Waals surface area (Å²) in [5.74, 6) is 0. The van der Waals surface area contributed by atoms with E-state index in [9.17, 15) is 0 Å². The second kappa shape index (κ2) is 5.93. The van der Waals surface area contributed by atoms with Gasteiger partial charge in [0.1, 0.15) is 5.03 Å². The number of aromatic nitrogens is 3. The van der Waals surface area contributed by atoms with Gasteiger partial charge < -0.3 is 5.32 Å². The van der Waals surface area contributed by atoms with Crippen LogP contribution >= 0.6 is 11.8 Å². The van der Waals surface area contributed by atoms with Gasteiger partial charge in [-0.05, 0) is 50.4 Å². The molecule has 0 amide bonds. The van der Waals surface area contributed by atoms with Crippen molar-refractivity contribution < 1.29 is 0 Å². The lowest BCUT2D eigenvalue weighted by Gasteiger charge is -2.03. The molecule has 0 aromatic carbocycles. The monoisotopic (exact) mass is 260 g/mol. The summed E-state index contributed by atoms with van der Waals surface area (Å²) in [5.41, 5.74) is 3.30. The third-order valence-corrected chi connectivity index (χ3v) is 3.14. The highest BCUT2D eigenvalue weighted by Gasteiger charge is 2.03. The molecule has 0 radical (unpaired) electrons. The Kier molecular flexibility index (Phi) is 4.28. The van der Waals surface area contributed by atoms with Crippen LogP contribution in [0.4, 0.5) is 0 Å². The van der Waals surface area contributed by atoms with Gasteiger partial charge in [0.05, 0.1) is 0 Å². The highest BCUT2D eigenvalue weighted by molar-refractivity contribution is 7.99. The van der Waals surface area contributed by atoms with Crippen LogP contribution in [0.3, 0.4) is 0 Å². The highest BCUT2D eigenvalue weighted by atomic mass is 32.2. The fourth-order valence-corrected chi connectivity index (χ4v) is 2.47. The molecule has 0 atom stereocenters. The van der Waals surface area contributed by atoms with Crippen LogP contribution in [-0.2, 0) is 6.54 Å². The van der Waals surface area contributed by atoms with E-state index < -0.39 is 0 Å². The molecular weight excluding hydrogens is 244 g/mol. The predicted molar refractivity (Wildman–Crippen MR) is 72.6 cm³/mol. The Labute approximate surface area is 111 Å². The molecule has 0 aliphatic rings. The molecule has 0 spiro atoms. The summed E-state index contributed by atoms with van der Waals surface area (Å²) in [6, 6.07) is 4.10. The van der Waals surface area contributed by atoms with Gasteiger partial charge in [-0.1, -0.05) is 0 Å². The van der Waals surface area contributed by atoms with Crippen molar-refractivity contribution in [2.45, 2.75) is 30.6 Å². The zero-order chi connectivity index (χ0) is 13.0. The lowest BCUT2D eigenvalue weighted by atomic mass is 10.3. The van der Waals surface area contributed by atoms with Crippen molar-refractivity contribution in [2.75, 3.05) is 7.05 Å². The van der Waals surface area contributed by atoms with Gasteiger partial charge >= 0.3 is 0 Å². The molecule has 2 aromatic rings. The molecular formula is C13H16N4S. The third-order valence-electron chi connectivity index (χ3n) is 2.33. The standard InChI is InChI=1S/C13H16N4S/c1-9-4-10(2)17-12(5-9)18-13-15-7-11(6-14-3)8-16-13/h4-5,7-8,14H,6H2,1-3H3. The summed E-state index contributed by atoms with van der Waals surface area (Å²) in [6.07, 6.45) is 3.68. The van der Waals surface area contributed by atoms with Crippen molar-refractivity contribution in [1.29, 1.82) is 0 Å². The van der Waals surface area contributed by atoms with Crippen LogP contribution in [0.5, 0.6) is 0 Å². The van der Waals surface area contributed by atoms with Crippen LogP contribution in [0.15, 0.2) is 34.7 Å². The van der Waals surface area contributed by atoms with Crippen molar-refractivity contribution >= 4 is 11.8 Å². The summed E-state index contributed by atoms with van der Waals surface area (Å²) < 4.78 is 0. The normalized spacial score (nSPS) is 10.6. The minimum atomic E-state index is 0.729. The lowest BCUT2D eigenvalue weighted by Crippen LogP contribution is -2.05. The van der Waals surface area contributed by atoms with Crippen LogP contribution < -0.4 is 5.32 Å². The number of aryl methyl sites for hydroxylation is 2. The molecule has 5 heteroatoms. The Balaban J connectivity index is 2.13. The van der Waals surface area contributed by atoms with Crippen molar-refractivity contribution in [1.82, 2.24) is 20.3 Å². The zero-order valence-electron chi connectivity index (χ0n) is 10.8. The minimum absolute atomic E-state index is 0.729. The van der Waals surface area contributed by atoms with Crippen LogP contribution in [0.1, 0.15) is 16.8 Å². The Hall–Kier alpha value is -1.46. The number of rotatable bonds is 4. The Morgan fingerprint density at radius 3 is 2.50 bits per heavy atom. The van der Waals surface area contributed by atoms with E-state index >= 15 is 0 Å². The number of pyridine rings is 1. The van der Waals surface area contributed by atoms with Gasteiger partial charge in [-0.2, -0.15) is 0 Å². The first kappa shape index (κ1) is 13.0. The van der Waals surface area contributed by atoms with Crippen molar-refractivity contribution in [2.24, 2.45) is 0 Å². The quantitative estimate of drug-likeness (QED) is 0.855. The predicted octanol–water partition coefficient (Wildman–Crippen LogP) is 2.36. The molecule has 0 unspecified atom stereocenters. The van der Waals surface area contributed by atoms with Crippen molar-refractivity contribution in [3.8, 4) is 0 Å².